The molecule has 106 valence electrons. The smallest absolute Gasteiger partial charge is 0.239 e. The van der Waals surface area contributed by atoms with E-state index in [1.807, 2.05) is 32.0 Å². The van der Waals surface area contributed by atoms with E-state index in [9.17, 15) is 4.79 Å². The van der Waals surface area contributed by atoms with Crippen LogP contribution in [-0.2, 0) is 4.79 Å². The number of amides is 1. The third kappa shape index (κ3) is 1.93. The largest absolute Gasteiger partial charge is 0.370 e. The van der Waals surface area contributed by atoms with Gasteiger partial charge in [0.1, 0.15) is 10.8 Å². The number of nitriles is 1. The Kier molecular flexibility index (Phi) is 3.03. The lowest BCUT2D eigenvalue weighted by Gasteiger charge is -2.32. The Morgan fingerprint density at radius 2 is 2.29 bits per heavy atom. The van der Waals surface area contributed by atoms with Crippen LogP contribution in [0.5, 0.6) is 0 Å². The Morgan fingerprint density at radius 1 is 1.52 bits per heavy atom. The number of nitrogens with one attached hydrogen (secondary N) is 1. The summed E-state index contributed by atoms with van der Waals surface area (Å²) in [5.74, 6) is 0.0336. The minimum Gasteiger partial charge on any atom is -0.370 e. The highest BCUT2D eigenvalue weighted by Gasteiger charge is 2.52. The van der Waals surface area contributed by atoms with E-state index in [1.165, 1.54) is 11.8 Å². The van der Waals surface area contributed by atoms with E-state index in [0.717, 1.165) is 16.0 Å². The fourth-order valence-electron chi connectivity index (χ4n) is 2.60. The third-order valence-electron chi connectivity index (χ3n) is 4.07. The van der Waals surface area contributed by atoms with Gasteiger partial charge in [-0.1, -0.05) is 23.9 Å². The molecule has 0 aliphatic carbocycles. The number of thioether (sulfide) groups is 1. The topological polar surface area (TPSA) is 91.3 Å². The predicted octanol–water partition coefficient (Wildman–Crippen LogP) is 1.81. The van der Waals surface area contributed by atoms with E-state index in [2.05, 4.69) is 16.4 Å². The van der Waals surface area contributed by atoms with Gasteiger partial charge in [0.2, 0.25) is 5.91 Å². The summed E-state index contributed by atoms with van der Waals surface area (Å²) in [6, 6.07) is 9.51. The number of rotatable bonds is 1. The number of hydrogen-bond donors (Lipinski definition) is 2. The molecular formula is C15H14N4OS. The number of carbonyl (C=O) groups excluding carboxylic acids is 1. The van der Waals surface area contributed by atoms with Gasteiger partial charge in [0.05, 0.1) is 11.6 Å². The number of guanidine groups is 1. The molecule has 2 heterocycles. The number of benzene rings is 1. The number of aliphatic imine (C=N–C) groups is 1. The van der Waals surface area contributed by atoms with Crippen molar-refractivity contribution in [2.75, 3.05) is 0 Å². The molecule has 2 aliphatic rings. The highest BCUT2D eigenvalue weighted by atomic mass is 32.2. The average Bonchev–Trinajstić information content (AvgIpc) is 2.73. The summed E-state index contributed by atoms with van der Waals surface area (Å²) in [5.41, 5.74) is 7.45. The second-order valence-corrected chi connectivity index (χ2v) is 6.38. The van der Waals surface area contributed by atoms with Crippen molar-refractivity contribution in [1.82, 2.24) is 5.32 Å². The Bertz CT molecular complexity index is 746. The van der Waals surface area contributed by atoms with Crippen LogP contribution in [0.2, 0.25) is 0 Å². The van der Waals surface area contributed by atoms with E-state index in [-0.39, 0.29) is 17.2 Å². The molecule has 3 N–H and O–H groups in total. The van der Waals surface area contributed by atoms with E-state index in [1.54, 1.807) is 6.07 Å². The second-order valence-electron chi connectivity index (χ2n) is 5.29. The van der Waals surface area contributed by atoms with Crippen molar-refractivity contribution in [3.8, 4) is 6.07 Å². The van der Waals surface area contributed by atoms with Gasteiger partial charge in [-0.3, -0.25) is 10.1 Å². The van der Waals surface area contributed by atoms with Crippen molar-refractivity contribution in [3.05, 3.63) is 41.0 Å². The van der Waals surface area contributed by atoms with Crippen LogP contribution in [0.4, 0.5) is 0 Å². The van der Waals surface area contributed by atoms with Gasteiger partial charge in [-0.05, 0) is 37.1 Å². The van der Waals surface area contributed by atoms with E-state index in [0.29, 0.717) is 5.56 Å². The average molecular weight is 298 g/mol. The zero-order chi connectivity index (χ0) is 15.2. The summed E-state index contributed by atoms with van der Waals surface area (Å²) in [4.78, 5) is 17.7. The lowest BCUT2D eigenvalue weighted by Crippen LogP contribution is -2.53. The van der Waals surface area contributed by atoms with Crippen molar-refractivity contribution >= 4 is 28.5 Å². The van der Waals surface area contributed by atoms with Crippen LogP contribution in [0.3, 0.4) is 0 Å². The van der Waals surface area contributed by atoms with Gasteiger partial charge in [-0.25, -0.2) is 4.99 Å². The fourth-order valence-corrected chi connectivity index (χ4v) is 4.16. The summed E-state index contributed by atoms with van der Waals surface area (Å²) < 4.78 is 0. The molecule has 1 amide bonds. The van der Waals surface area contributed by atoms with E-state index >= 15 is 0 Å². The van der Waals surface area contributed by atoms with Crippen LogP contribution >= 0.6 is 11.8 Å². The molecule has 0 bridgehead atoms. The first-order chi connectivity index (χ1) is 9.96. The monoisotopic (exact) mass is 298 g/mol. The van der Waals surface area contributed by atoms with Crippen molar-refractivity contribution in [2.45, 2.75) is 19.2 Å². The molecule has 3 rings (SSSR count). The molecule has 1 aromatic rings. The van der Waals surface area contributed by atoms with Crippen molar-refractivity contribution < 1.29 is 4.79 Å². The molecule has 1 aromatic carbocycles. The molecule has 0 saturated carbocycles. The minimum absolute atomic E-state index is 0.128. The highest BCUT2D eigenvalue weighted by Crippen LogP contribution is 2.55. The maximum atomic E-state index is 12.3. The van der Waals surface area contributed by atoms with Crippen LogP contribution in [-0.4, -0.2) is 17.2 Å². The molecule has 0 aromatic heterocycles. The lowest BCUT2D eigenvalue weighted by molar-refractivity contribution is -0.127. The Morgan fingerprint density at radius 3 is 3.00 bits per heavy atom. The van der Waals surface area contributed by atoms with Crippen LogP contribution < -0.4 is 11.1 Å². The summed E-state index contributed by atoms with van der Waals surface area (Å²) in [6.45, 7) is 3.82. The van der Waals surface area contributed by atoms with Gasteiger partial charge < -0.3 is 5.73 Å². The summed E-state index contributed by atoms with van der Waals surface area (Å²) >= 11 is 1.52. The third-order valence-corrected chi connectivity index (χ3v) is 5.64. The van der Waals surface area contributed by atoms with Gasteiger partial charge in [-0.2, -0.15) is 5.26 Å². The molecule has 21 heavy (non-hydrogen) atoms. The molecule has 0 radical (unpaired) electrons. The van der Waals surface area contributed by atoms with E-state index < -0.39 is 5.41 Å². The Labute approximate surface area is 126 Å². The molecular weight excluding hydrogens is 284 g/mol. The molecule has 0 spiro atoms. The fraction of sp³-hybridized carbons (Fsp3) is 0.267. The molecule has 0 saturated heterocycles. The van der Waals surface area contributed by atoms with Gasteiger partial charge >= 0.3 is 0 Å². The summed E-state index contributed by atoms with van der Waals surface area (Å²) in [5, 5.41) is 11.4. The van der Waals surface area contributed by atoms with Crippen LogP contribution in [0.25, 0.3) is 4.91 Å². The van der Waals surface area contributed by atoms with Crippen LogP contribution in [0, 0.1) is 16.7 Å². The Balaban J connectivity index is 2.11. The van der Waals surface area contributed by atoms with Crippen LogP contribution in [0.15, 0.2) is 34.8 Å². The standard InChI is InChI=1S/C15H14N4OS/c1-8-11(10-5-3-4-9(6-10)7-16)21-13-15(8,2)12(20)18-14(17)19-13/h3-6,13H,1-2H3,(H3,17,18,19,20)/t13?,15-/m0/s1. The Hall–Kier alpha value is -2.26. The van der Waals surface area contributed by atoms with Crippen LogP contribution in [0.1, 0.15) is 25.0 Å². The molecule has 2 atom stereocenters. The normalized spacial score (nSPS) is 27.8. The first-order valence-electron chi connectivity index (χ1n) is 6.50. The van der Waals surface area contributed by atoms with Gasteiger partial charge in [-0.15, -0.1) is 0 Å². The second kappa shape index (κ2) is 4.64. The quantitative estimate of drug-likeness (QED) is 0.827. The zero-order valence-corrected chi connectivity index (χ0v) is 12.5. The SMILES string of the molecule is CC1=C(c2cccc(C#N)c2)SC2N=C(N)NC(=O)[C@]12C. The first kappa shape index (κ1) is 13.7. The predicted molar refractivity (Wildman–Crippen MR) is 83.0 cm³/mol. The number of nitrogens with zero attached hydrogens (tertiary/aromatic N) is 2. The number of hydrogen-bond acceptors (Lipinski definition) is 5. The summed E-state index contributed by atoms with van der Waals surface area (Å²) in [7, 11) is 0. The molecule has 5 nitrogen and oxygen atoms in total. The van der Waals surface area contributed by atoms with Gasteiger partial charge in [0, 0.05) is 4.91 Å². The zero-order valence-electron chi connectivity index (χ0n) is 11.7. The first-order valence-corrected chi connectivity index (χ1v) is 7.38. The highest BCUT2D eigenvalue weighted by molar-refractivity contribution is 8.09. The maximum absolute atomic E-state index is 12.3. The van der Waals surface area contributed by atoms with Crippen molar-refractivity contribution in [3.63, 3.8) is 0 Å². The molecule has 6 heteroatoms. The lowest BCUT2D eigenvalue weighted by atomic mass is 9.80. The van der Waals surface area contributed by atoms with Gasteiger partial charge in [0.15, 0.2) is 5.96 Å². The number of carbonyl (C=O) groups is 1. The number of nitrogens with two attached hydrogens (primary N) is 1. The van der Waals surface area contributed by atoms with Crippen molar-refractivity contribution in [1.29, 1.82) is 5.26 Å². The molecule has 0 fully saturated rings. The minimum atomic E-state index is -0.703. The summed E-state index contributed by atoms with van der Waals surface area (Å²) in [6.07, 6.45) is 0. The van der Waals surface area contributed by atoms with E-state index in [4.69, 9.17) is 11.0 Å². The maximum Gasteiger partial charge on any atom is 0.239 e. The molecule has 1 unspecified atom stereocenters. The number of fused-ring (bicyclic) bond motifs is 1. The molecule has 2 aliphatic heterocycles. The van der Waals surface area contributed by atoms with Crippen molar-refractivity contribution in [2.24, 2.45) is 16.1 Å². The van der Waals surface area contributed by atoms with Gasteiger partial charge in [0.25, 0.3) is 0 Å².